The number of aromatic amines is 1. The van der Waals surface area contributed by atoms with Gasteiger partial charge < -0.3 is 25.3 Å². The fraction of sp³-hybridized carbons (Fsp3) is 0.259. The minimum atomic E-state index is -0.677. The number of aliphatic hydroxyl groups is 1. The number of aromatic nitrogens is 1. The second kappa shape index (κ2) is 9.47. The molecule has 4 N–H and O–H groups in total. The smallest absolute Gasteiger partial charge is 0.168 e. The maximum Gasteiger partial charge on any atom is 0.168 e. The standard InChI is InChI=1S/C27H30N2O3/c1-4-28-15-20(30)16-32-27-22(9-7-11-24(27)31)25-21-8-5-6-10-23(21)29-26(25)19-13-17(2)12-18(3)14-19/h5-14,20,28-31H,4,15-16H2,1-3H3. The molecule has 3 aromatic carbocycles. The van der Waals surface area contributed by atoms with E-state index in [0.29, 0.717) is 12.3 Å². The first kappa shape index (κ1) is 21.9. The lowest BCUT2D eigenvalue weighted by Gasteiger charge is -2.17. The van der Waals surface area contributed by atoms with Crippen molar-refractivity contribution in [1.29, 1.82) is 0 Å². The number of fused-ring (bicyclic) bond motifs is 1. The Morgan fingerprint density at radius 2 is 1.75 bits per heavy atom. The van der Waals surface area contributed by atoms with Crippen molar-refractivity contribution < 1.29 is 14.9 Å². The van der Waals surface area contributed by atoms with Gasteiger partial charge in [0.25, 0.3) is 0 Å². The van der Waals surface area contributed by atoms with Crippen LogP contribution in [0.1, 0.15) is 18.1 Å². The number of H-pyrrole nitrogens is 1. The number of phenols is 1. The van der Waals surface area contributed by atoms with E-state index in [9.17, 15) is 10.2 Å². The summed E-state index contributed by atoms with van der Waals surface area (Å²) in [6.45, 7) is 7.45. The number of likely N-dealkylation sites (N-methyl/N-ethyl adjacent to an activating group) is 1. The van der Waals surface area contributed by atoms with E-state index in [2.05, 4.69) is 54.5 Å². The van der Waals surface area contributed by atoms with Crippen molar-refractivity contribution in [2.75, 3.05) is 19.7 Å². The van der Waals surface area contributed by atoms with E-state index in [4.69, 9.17) is 4.74 Å². The Hall–Kier alpha value is -3.28. The largest absolute Gasteiger partial charge is 0.504 e. The van der Waals surface area contributed by atoms with E-state index < -0.39 is 6.10 Å². The number of nitrogens with one attached hydrogen (secondary N) is 2. The highest BCUT2D eigenvalue weighted by atomic mass is 16.5. The summed E-state index contributed by atoms with van der Waals surface area (Å²) in [4.78, 5) is 3.58. The summed E-state index contributed by atoms with van der Waals surface area (Å²) in [5, 5.41) is 25.1. The molecule has 32 heavy (non-hydrogen) atoms. The van der Waals surface area contributed by atoms with Gasteiger partial charge in [0.1, 0.15) is 12.7 Å². The summed E-state index contributed by atoms with van der Waals surface area (Å²) in [6.07, 6.45) is -0.677. The summed E-state index contributed by atoms with van der Waals surface area (Å²) in [5.41, 5.74) is 7.19. The van der Waals surface area contributed by atoms with Gasteiger partial charge in [-0.25, -0.2) is 0 Å². The van der Waals surface area contributed by atoms with Crippen molar-refractivity contribution in [3.05, 3.63) is 71.8 Å². The van der Waals surface area contributed by atoms with Crippen LogP contribution in [0, 0.1) is 13.8 Å². The first-order chi connectivity index (χ1) is 15.5. The molecule has 4 rings (SSSR count). The van der Waals surface area contributed by atoms with Gasteiger partial charge in [-0.15, -0.1) is 0 Å². The monoisotopic (exact) mass is 430 g/mol. The molecular weight excluding hydrogens is 400 g/mol. The van der Waals surface area contributed by atoms with E-state index in [1.807, 2.05) is 31.2 Å². The predicted molar refractivity (Wildman–Crippen MR) is 130 cm³/mol. The molecular formula is C27H30N2O3. The number of aliphatic hydroxyl groups excluding tert-OH is 1. The molecule has 0 radical (unpaired) electrons. The number of hydrogen-bond donors (Lipinski definition) is 4. The summed E-state index contributed by atoms with van der Waals surface area (Å²) < 4.78 is 5.98. The number of ether oxygens (including phenoxy) is 1. The van der Waals surface area contributed by atoms with Crippen LogP contribution in [-0.2, 0) is 0 Å². The highest BCUT2D eigenvalue weighted by molar-refractivity contribution is 6.05. The van der Waals surface area contributed by atoms with E-state index in [1.54, 1.807) is 6.07 Å². The SMILES string of the molecule is CCNCC(O)COc1c(O)cccc1-c1c(-c2cc(C)cc(C)c2)[nH]c2ccccc12. The fourth-order valence-electron chi connectivity index (χ4n) is 4.18. The molecule has 4 aromatic rings. The van der Waals surface area contributed by atoms with E-state index in [0.717, 1.165) is 39.8 Å². The fourth-order valence-corrected chi connectivity index (χ4v) is 4.18. The second-order valence-electron chi connectivity index (χ2n) is 8.22. The molecule has 0 spiro atoms. The zero-order valence-corrected chi connectivity index (χ0v) is 18.8. The molecule has 0 fully saturated rings. The van der Waals surface area contributed by atoms with E-state index in [1.165, 1.54) is 11.1 Å². The van der Waals surface area contributed by atoms with Crippen LogP contribution in [0.15, 0.2) is 60.7 Å². The van der Waals surface area contributed by atoms with Crippen molar-refractivity contribution in [2.24, 2.45) is 0 Å². The van der Waals surface area contributed by atoms with Gasteiger partial charge >= 0.3 is 0 Å². The molecule has 1 heterocycles. The van der Waals surface area contributed by atoms with Gasteiger partial charge in [0.05, 0.1) is 5.69 Å². The summed E-state index contributed by atoms with van der Waals surface area (Å²) in [6, 6.07) is 20.0. The maximum absolute atomic E-state index is 10.7. The van der Waals surface area contributed by atoms with Crippen LogP contribution in [0.4, 0.5) is 0 Å². The first-order valence-electron chi connectivity index (χ1n) is 11.0. The normalized spacial score (nSPS) is 12.2. The van der Waals surface area contributed by atoms with Gasteiger partial charge in [0.15, 0.2) is 11.5 Å². The quantitative estimate of drug-likeness (QED) is 0.311. The van der Waals surface area contributed by atoms with Gasteiger partial charge in [0, 0.05) is 28.6 Å². The van der Waals surface area contributed by atoms with Crippen LogP contribution < -0.4 is 10.1 Å². The van der Waals surface area contributed by atoms with Gasteiger partial charge in [-0.2, -0.15) is 0 Å². The lowest BCUT2D eigenvalue weighted by Crippen LogP contribution is -2.31. The van der Waals surface area contributed by atoms with Crippen molar-refractivity contribution in [2.45, 2.75) is 26.9 Å². The number of benzene rings is 3. The minimum Gasteiger partial charge on any atom is -0.504 e. The highest BCUT2D eigenvalue weighted by Crippen LogP contribution is 2.45. The topological polar surface area (TPSA) is 77.5 Å². The Balaban J connectivity index is 1.86. The molecule has 5 heteroatoms. The van der Waals surface area contributed by atoms with E-state index in [-0.39, 0.29) is 12.4 Å². The zero-order chi connectivity index (χ0) is 22.7. The van der Waals surface area contributed by atoms with Crippen LogP contribution in [0.3, 0.4) is 0 Å². The molecule has 0 aliphatic heterocycles. The molecule has 0 aliphatic rings. The van der Waals surface area contributed by atoms with Gasteiger partial charge in [-0.3, -0.25) is 0 Å². The third-order valence-electron chi connectivity index (χ3n) is 5.53. The number of phenolic OH excluding ortho intramolecular Hbond substituents is 1. The van der Waals surface area contributed by atoms with Gasteiger partial charge in [-0.05, 0) is 50.2 Å². The molecule has 1 aromatic heterocycles. The number of aryl methyl sites for hydroxylation is 2. The van der Waals surface area contributed by atoms with Crippen molar-refractivity contribution in [1.82, 2.24) is 10.3 Å². The molecule has 0 bridgehead atoms. The number of rotatable bonds is 8. The molecule has 0 aliphatic carbocycles. The lowest BCUT2D eigenvalue weighted by molar-refractivity contribution is 0.105. The molecule has 0 saturated carbocycles. The molecule has 5 nitrogen and oxygen atoms in total. The summed E-state index contributed by atoms with van der Waals surface area (Å²) in [5.74, 6) is 0.424. The Labute approximate surface area is 188 Å². The number of aromatic hydroxyl groups is 1. The zero-order valence-electron chi connectivity index (χ0n) is 18.8. The molecule has 1 unspecified atom stereocenters. The molecule has 0 saturated heterocycles. The Morgan fingerprint density at radius 1 is 1.00 bits per heavy atom. The van der Waals surface area contributed by atoms with Crippen LogP contribution in [-0.4, -0.2) is 41.0 Å². The van der Waals surface area contributed by atoms with Crippen LogP contribution in [0.25, 0.3) is 33.3 Å². The van der Waals surface area contributed by atoms with Crippen molar-refractivity contribution in [3.8, 4) is 33.9 Å². The Morgan fingerprint density at radius 3 is 2.50 bits per heavy atom. The summed E-state index contributed by atoms with van der Waals surface area (Å²) >= 11 is 0. The average Bonchev–Trinajstić information content (AvgIpc) is 3.15. The van der Waals surface area contributed by atoms with Crippen LogP contribution in [0.5, 0.6) is 11.5 Å². The lowest BCUT2D eigenvalue weighted by atomic mass is 9.95. The number of para-hydroxylation sites is 2. The molecule has 166 valence electrons. The second-order valence-corrected chi connectivity index (χ2v) is 8.22. The van der Waals surface area contributed by atoms with Crippen LogP contribution >= 0.6 is 0 Å². The van der Waals surface area contributed by atoms with Gasteiger partial charge in [-0.1, -0.05) is 54.4 Å². The first-order valence-corrected chi connectivity index (χ1v) is 11.0. The number of hydrogen-bond acceptors (Lipinski definition) is 4. The minimum absolute atomic E-state index is 0.0507. The average molecular weight is 431 g/mol. The molecule has 1 atom stereocenters. The Kier molecular flexibility index (Phi) is 6.49. The van der Waals surface area contributed by atoms with E-state index >= 15 is 0 Å². The predicted octanol–water partition coefficient (Wildman–Crippen LogP) is 5.17. The van der Waals surface area contributed by atoms with Crippen LogP contribution in [0.2, 0.25) is 0 Å². The maximum atomic E-state index is 10.7. The third-order valence-corrected chi connectivity index (χ3v) is 5.53. The summed E-state index contributed by atoms with van der Waals surface area (Å²) in [7, 11) is 0. The molecule has 0 amide bonds. The van der Waals surface area contributed by atoms with Crippen molar-refractivity contribution >= 4 is 10.9 Å². The van der Waals surface area contributed by atoms with Gasteiger partial charge in [0.2, 0.25) is 0 Å². The highest BCUT2D eigenvalue weighted by Gasteiger charge is 2.21. The Bertz CT molecular complexity index is 1210. The third kappa shape index (κ3) is 4.49. The van der Waals surface area contributed by atoms with Crippen molar-refractivity contribution in [3.63, 3.8) is 0 Å².